The summed E-state index contributed by atoms with van der Waals surface area (Å²) < 4.78 is 7.04. The lowest BCUT2D eigenvalue weighted by Crippen LogP contribution is -1.87. The number of aryl methyl sites for hydroxylation is 2. The maximum atomic E-state index is 5.78. The largest absolute Gasteiger partial charge is 0.394 e. The van der Waals surface area contributed by atoms with E-state index in [1.165, 1.54) is 0 Å². The van der Waals surface area contributed by atoms with Crippen LogP contribution in [0, 0.1) is 6.92 Å². The van der Waals surface area contributed by atoms with Gasteiger partial charge in [0.05, 0.1) is 0 Å². The molecule has 13 heavy (non-hydrogen) atoms. The summed E-state index contributed by atoms with van der Waals surface area (Å²) in [6.45, 7) is 1.82. The molecule has 0 aromatic carbocycles. The monoisotopic (exact) mass is 177 g/mol. The van der Waals surface area contributed by atoms with E-state index in [4.69, 9.17) is 10.3 Å². The van der Waals surface area contributed by atoms with Gasteiger partial charge in [0.25, 0.3) is 0 Å². The zero-order chi connectivity index (χ0) is 9.42. The van der Waals surface area contributed by atoms with Crippen LogP contribution in [0.3, 0.4) is 0 Å². The molecular formula is C9H11N3O. The maximum absolute atomic E-state index is 5.78. The number of nitrogens with two attached hydrogens (primary N) is 1. The van der Waals surface area contributed by atoms with Crippen molar-refractivity contribution < 1.29 is 4.52 Å². The molecule has 0 spiro atoms. The third-order valence-corrected chi connectivity index (χ3v) is 2.00. The Hall–Kier alpha value is -1.71. The summed E-state index contributed by atoms with van der Waals surface area (Å²) in [5, 5.41) is 3.79. The lowest BCUT2D eigenvalue weighted by molar-refractivity contribution is 0.427. The molecule has 68 valence electrons. The van der Waals surface area contributed by atoms with Crippen LogP contribution in [0.2, 0.25) is 0 Å². The van der Waals surface area contributed by atoms with Gasteiger partial charge in [0.2, 0.25) is 0 Å². The van der Waals surface area contributed by atoms with Crippen molar-refractivity contribution >= 4 is 5.69 Å². The van der Waals surface area contributed by atoms with Gasteiger partial charge in [0.1, 0.15) is 11.4 Å². The molecule has 0 saturated carbocycles. The van der Waals surface area contributed by atoms with Crippen LogP contribution in [0.15, 0.2) is 23.0 Å². The Morgan fingerprint density at radius 2 is 2.31 bits per heavy atom. The number of aromatic nitrogens is 2. The molecule has 0 fully saturated rings. The number of nitrogens with zero attached hydrogens (tertiary/aromatic N) is 2. The van der Waals surface area contributed by atoms with E-state index >= 15 is 0 Å². The van der Waals surface area contributed by atoms with Gasteiger partial charge in [0.15, 0.2) is 5.76 Å². The summed E-state index contributed by atoms with van der Waals surface area (Å²) >= 11 is 0. The second-order valence-corrected chi connectivity index (χ2v) is 3.08. The van der Waals surface area contributed by atoms with Gasteiger partial charge in [-0.3, -0.25) is 0 Å². The van der Waals surface area contributed by atoms with Gasteiger partial charge in [0, 0.05) is 25.0 Å². The van der Waals surface area contributed by atoms with Crippen LogP contribution < -0.4 is 5.73 Å². The summed E-state index contributed by atoms with van der Waals surface area (Å²) in [6.07, 6.45) is 3.88. The summed E-state index contributed by atoms with van der Waals surface area (Å²) in [7, 11) is 1.95. The normalized spacial score (nSPS) is 10.6. The number of anilines is 1. The molecule has 2 heterocycles. The number of nitrogen functional groups attached to an aromatic ring is 1. The van der Waals surface area contributed by atoms with Crippen LogP contribution in [0.4, 0.5) is 5.69 Å². The number of hydrogen-bond acceptors (Lipinski definition) is 3. The van der Waals surface area contributed by atoms with Gasteiger partial charge in [-0.15, -0.1) is 0 Å². The summed E-state index contributed by atoms with van der Waals surface area (Å²) in [4.78, 5) is 0. The summed E-state index contributed by atoms with van der Waals surface area (Å²) in [5.41, 5.74) is 8.09. The third kappa shape index (κ3) is 1.20. The average molecular weight is 177 g/mol. The van der Waals surface area contributed by atoms with E-state index in [0.717, 1.165) is 11.3 Å². The van der Waals surface area contributed by atoms with E-state index in [0.29, 0.717) is 11.4 Å². The Bertz CT molecular complexity index is 428. The molecule has 0 radical (unpaired) electrons. The van der Waals surface area contributed by atoms with Crippen LogP contribution in [-0.4, -0.2) is 9.72 Å². The molecule has 0 aliphatic carbocycles. The predicted molar refractivity (Wildman–Crippen MR) is 50.1 cm³/mol. The molecule has 0 aliphatic heterocycles. The first-order valence-electron chi connectivity index (χ1n) is 4.02. The Morgan fingerprint density at radius 3 is 2.77 bits per heavy atom. The molecule has 0 unspecified atom stereocenters. The minimum atomic E-state index is 0.617. The fourth-order valence-electron chi connectivity index (χ4n) is 1.22. The van der Waals surface area contributed by atoms with Gasteiger partial charge in [-0.25, -0.2) is 0 Å². The molecule has 2 N–H and O–H groups in total. The lowest BCUT2D eigenvalue weighted by atomic mass is 10.2. The number of rotatable bonds is 1. The molecule has 4 nitrogen and oxygen atoms in total. The van der Waals surface area contributed by atoms with Gasteiger partial charge >= 0.3 is 0 Å². The molecule has 0 amide bonds. The Labute approximate surface area is 75.9 Å². The van der Waals surface area contributed by atoms with E-state index in [2.05, 4.69) is 5.16 Å². The first kappa shape index (κ1) is 7.91. The average Bonchev–Trinajstić information content (AvgIpc) is 2.62. The van der Waals surface area contributed by atoms with Crippen molar-refractivity contribution in [3.63, 3.8) is 0 Å². The van der Waals surface area contributed by atoms with Crippen LogP contribution in [-0.2, 0) is 7.05 Å². The highest BCUT2D eigenvalue weighted by molar-refractivity contribution is 5.71. The first-order valence-corrected chi connectivity index (χ1v) is 4.02. The fourth-order valence-corrected chi connectivity index (χ4v) is 1.22. The second-order valence-electron chi connectivity index (χ2n) is 3.08. The quantitative estimate of drug-likeness (QED) is 0.719. The lowest BCUT2D eigenvalue weighted by Gasteiger charge is -1.91. The molecule has 2 rings (SSSR count). The number of hydrogen-bond donors (Lipinski definition) is 1. The standard InChI is InChI=1S/C9H11N3O/c1-6-8(10)9(13-11-6)7-3-4-12(2)5-7/h3-5H,10H2,1-2H3. The SMILES string of the molecule is Cc1noc(-c2ccn(C)c2)c1N. The first-order chi connectivity index (χ1) is 6.18. The van der Waals surface area contributed by atoms with Crippen molar-refractivity contribution in [3.8, 4) is 11.3 Å². The topological polar surface area (TPSA) is 57.0 Å². The van der Waals surface area contributed by atoms with Crippen molar-refractivity contribution in [2.24, 2.45) is 7.05 Å². The van der Waals surface area contributed by atoms with Gasteiger partial charge in [-0.2, -0.15) is 0 Å². The van der Waals surface area contributed by atoms with Crippen molar-refractivity contribution in [2.75, 3.05) is 5.73 Å². The fraction of sp³-hybridized carbons (Fsp3) is 0.222. The van der Waals surface area contributed by atoms with Gasteiger partial charge in [-0.1, -0.05) is 5.16 Å². The Kier molecular flexibility index (Phi) is 1.62. The van der Waals surface area contributed by atoms with Crippen molar-refractivity contribution in [2.45, 2.75) is 6.92 Å². The highest BCUT2D eigenvalue weighted by Crippen LogP contribution is 2.27. The smallest absolute Gasteiger partial charge is 0.191 e. The Balaban J connectivity index is 2.52. The molecule has 0 atom stereocenters. The zero-order valence-corrected chi connectivity index (χ0v) is 7.61. The van der Waals surface area contributed by atoms with E-state index in [1.807, 2.05) is 37.0 Å². The third-order valence-electron chi connectivity index (χ3n) is 2.00. The molecule has 0 saturated heterocycles. The molecule has 0 aliphatic rings. The molecule has 4 heteroatoms. The van der Waals surface area contributed by atoms with Crippen molar-refractivity contribution in [3.05, 3.63) is 24.2 Å². The minimum absolute atomic E-state index is 0.617. The van der Waals surface area contributed by atoms with Gasteiger partial charge < -0.3 is 14.8 Å². The highest BCUT2D eigenvalue weighted by Gasteiger charge is 2.11. The molecule has 0 bridgehead atoms. The predicted octanol–water partition coefficient (Wildman–Crippen LogP) is 1.57. The van der Waals surface area contributed by atoms with E-state index < -0.39 is 0 Å². The molecular weight excluding hydrogens is 166 g/mol. The van der Waals surface area contributed by atoms with E-state index in [-0.39, 0.29) is 0 Å². The zero-order valence-electron chi connectivity index (χ0n) is 7.61. The van der Waals surface area contributed by atoms with E-state index in [1.54, 1.807) is 0 Å². The summed E-state index contributed by atoms with van der Waals surface area (Å²) in [6, 6.07) is 1.94. The van der Waals surface area contributed by atoms with Crippen LogP contribution in [0.25, 0.3) is 11.3 Å². The van der Waals surface area contributed by atoms with Gasteiger partial charge in [-0.05, 0) is 13.0 Å². The van der Waals surface area contributed by atoms with Crippen LogP contribution in [0.1, 0.15) is 5.69 Å². The highest BCUT2D eigenvalue weighted by atomic mass is 16.5. The van der Waals surface area contributed by atoms with Crippen LogP contribution >= 0.6 is 0 Å². The molecule has 2 aromatic rings. The molecule has 2 aromatic heterocycles. The minimum Gasteiger partial charge on any atom is -0.394 e. The second kappa shape index (κ2) is 2.65. The maximum Gasteiger partial charge on any atom is 0.191 e. The summed E-state index contributed by atoms with van der Waals surface area (Å²) in [5.74, 6) is 0.651. The van der Waals surface area contributed by atoms with E-state index in [9.17, 15) is 0 Å². The van der Waals surface area contributed by atoms with Crippen molar-refractivity contribution in [1.82, 2.24) is 9.72 Å². The van der Waals surface area contributed by atoms with Crippen molar-refractivity contribution in [1.29, 1.82) is 0 Å². The van der Waals surface area contributed by atoms with Crippen LogP contribution in [0.5, 0.6) is 0 Å². The Morgan fingerprint density at radius 1 is 1.54 bits per heavy atom.